The second kappa shape index (κ2) is 8.60. The van der Waals surface area contributed by atoms with Crippen molar-refractivity contribution in [3.05, 3.63) is 59.7 Å². The molecular weight excluding hydrogens is 314 g/mol. The van der Waals surface area contributed by atoms with Gasteiger partial charge in [0.2, 0.25) is 0 Å². The van der Waals surface area contributed by atoms with E-state index in [2.05, 4.69) is 19.1 Å². The van der Waals surface area contributed by atoms with Crippen LogP contribution in [-0.4, -0.2) is 0 Å². The lowest BCUT2D eigenvalue weighted by Crippen LogP contribution is -2.13. The van der Waals surface area contributed by atoms with E-state index in [4.69, 9.17) is 0 Å². The fraction of sp³-hybridized carbons (Fsp3) is 0.478. The van der Waals surface area contributed by atoms with Crippen molar-refractivity contribution in [2.24, 2.45) is 5.92 Å². The van der Waals surface area contributed by atoms with Gasteiger partial charge in [-0.1, -0.05) is 62.9 Å². The smallest absolute Gasteiger partial charge is 0.133 e. The van der Waals surface area contributed by atoms with Crippen molar-refractivity contribution in [3.63, 3.8) is 0 Å². The number of unbranched alkanes of at least 4 members (excludes halogenated alkanes) is 2. The van der Waals surface area contributed by atoms with Crippen LogP contribution in [0.15, 0.2) is 42.5 Å². The summed E-state index contributed by atoms with van der Waals surface area (Å²) in [5.41, 5.74) is 2.01. The maximum Gasteiger partial charge on any atom is 0.133 e. The van der Waals surface area contributed by atoms with Gasteiger partial charge in [-0.15, -0.1) is 0 Å². The molecule has 134 valence electrons. The molecule has 0 amide bonds. The Bertz CT molecular complexity index is 647. The van der Waals surface area contributed by atoms with Gasteiger partial charge in [0.05, 0.1) is 5.56 Å². The number of hydrogen-bond donors (Lipinski definition) is 0. The highest BCUT2D eigenvalue weighted by Gasteiger charge is 2.22. The lowest BCUT2D eigenvalue weighted by Gasteiger charge is -2.29. The summed E-state index contributed by atoms with van der Waals surface area (Å²) >= 11 is 0. The van der Waals surface area contributed by atoms with Gasteiger partial charge in [-0.3, -0.25) is 0 Å². The zero-order valence-corrected chi connectivity index (χ0v) is 15.1. The first kappa shape index (κ1) is 18.1. The second-order valence-electron chi connectivity index (χ2n) is 7.43. The highest BCUT2D eigenvalue weighted by atomic mass is 19.1. The molecule has 0 atom stereocenters. The van der Waals surface area contributed by atoms with E-state index in [0.717, 1.165) is 5.92 Å². The summed E-state index contributed by atoms with van der Waals surface area (Å²) in [5.74, 6) is 0.497. The van der Waals surface area contributed by atoms with Crippen molar-refractivity contribution in [1.82, 2.24) is 0 Å². The molecule has 1 fully saturated rings. The topological polar surface area (TPSA) is 0 Å². The van der Waals surface area contributed by atoms with Crippen LogP contribution in [0.5, 0.6) is 0 Å². The van der Waals surface area contributed by atoms with Crippen molar-refractivity contribution in [2.45, 2.75) is 64.2 Å². The van der Waals surface area contributed by atoms with Crippen LogP contribution in [-0.2, 0) is 0 Å². The molecule has 0 heterocycles. The van der Waals surface area contributed by atoms with E-state index >= 15 is 0 Å². The summed E-state index contributed by atoms with van der Waals surface area (Å²) in [7, 11) is 0. The van der Waals surface area contributed by atoms with Crippen LogP contribution >= 0.6 is 0 Å². The van der Waals surface area contributed by atoms with Crippen LogP contribution in [0, 0.1) is 17.6 Å². The van der Waals surface area contributed by atoms with Crippen molar-refractivity contribution in [3.8, 4) is 11.1 Å². The first-order valence-electron chi connectivity index (χ1n) is 9.73. The highest BCUT2D eigenvalue weighted by Crippen LogP contribution is 2.38. The third kappa shape index (κ3) is 4.48. The summed E-state index contributed by atoms with van der Waals surface area (Å²) in [6.07, 6.45) is 10.5. The Hall–Kier alpha value is -1.70. The fourth-order valence-corrected chi connectivity index (χ4v) is 4.16. The predicted molar refractivity (Wildman–Crippen MR) is 101 cm³/mol. The molecule has 0 aliphatic heterocycles. The van der Waals surface area contributed by atoms with Crippen molar-refractivity contribution < 1.29 is 8.78 Å². The van der Waals surface area contributed by atoms with Crippen molar-refractivity contribution >= 4 is 0 Å². The molecule has 1 aliphatic carbocycles. The average Bonchev–Trinajstić information content (AvgIpc) is 2.63. The monoisotopic (exact) mass is 342 g/mol. The quantitative estimate of drug-likeness (QED) is 0.477. The van der Waals surface area contributed by atoms with Gasteiger partial charge in [0, 0.05) is 0 Å². The maximum absolute atomic E-state index is 13.9. The number of rotatable bonds is 6. The first-order chi connectivity index (χ1) is 12.2. The summed E-state index contributed by atoms with van der Waals surface area (Å²) in [6, 6.07) is 11.9. The van der Waals surface area contributed by atoms with E-state index in [1.807, 2.05) is 12.1 Å². The van der Waals surface area contributed by atoms with E-state index < -0.39 is 11.6 Å². The van der Waals surface area contributed by atoms with Gasteiger partial charge in [-0.25, -0.2) is 8.78 Å². The minimum absolute atomic E-state index is 0.0775. The van der Waals surface area contributed by atoms with Gasteiger partial charge in [0.25, 0.3) is 0 Å². The van der Waals surface area contributed by atoms with E-state index in [1.54, 1.807) is 0 Å². The number of benzene rings is 2. The molecule has 0 aromatic heterocycles. The molecule has 2 aromatic carbocycles. The first-order valence-corrected chi connectivity index (χ1v) is 9.73. The molecular formula is C23H28F2. The lowest BCUT2D eigenvalue weighted by molar-refractivity contribution is 0.303. The Kier molecular flexibility index (Phi) is 6.23. The second-order valence-corrected chi connectivity index (χ2v) is 7.43. The van der Waals surface area contributed by atoms with Gasteiger partial charge in [0.15, 0.2) is 0 Å². The molecule has 0 unspecified atom stereocenters. The molecule has 2 heteroatoms. The number of hydrogen-bond acceptors (Lipinski definition) is 0. The maximum atomic E-state index is 13.9. The molecule has 25 heavy (non-hydrogen) atoms. The van der Waals surface area contributed by atoms with Crippen LogP contribution in [0.4, 0.5) is 8.78 Å². The van der Waals surface area contributed by atoms with E-state index in [0.29, 0.717) is 11.5 Å². The molecule has 2 aromatic rings. The van der Waals surface area contributed by atoms with E-state index in [1.165, 1.54) is 75.1 Å². The van der Waals surface area contributed by atoms with Crippen molar-refractivity contribution in [1.29, 1.82) is 0 Å². The molecule has 0 bridgehead atoms. The Morgan fingerprint density at radius 3 is 2.08 bits per heavy atom. The normalized spacial score (nSPS) is 20.6. The van der Waals surface area contributed by atoms with Gasteiger partial charge in [-0.05, 0) is 60.8 Å². The van der Waals surface area contributed by atoms with Gasteiger partial charge < -0.3 is 0 Å². The SMILES string of the molecule is CCCCC[C@H]1CC[C@H](c2ccc(-c3c(F)cccc3F)cc2)CC1. The highest BCUT2D eigenvalue weighted by molar-refractivity contribution is 5.65. The Morgan fingerprint density at radius 2 is 1.48 bits per heavy atom. The van der Waals surface area contributed by atoms with Crippen LogP contribution in [0.3, 0.4) is 0 Å². The van der Waals surface area contributed by atoms with Gasteiger partial charge in [-0.2, -0.15) is 0 Å². The van der Waals surface area contributed by atoms with Crippen LogP contribution in [0.25, 0.3) is 11.1 Å². The largest absolute Gasteiger partial charge is 0.206 e. The molecule has 3 rings (SSSR count). The molecule has 1 saturated carbocycles. The zero-order valence-electron chi connectivity index (χ0n) is 15.1. The zero-order chi connectivity index (χ0) is 17.6. The van der Waals surface area contributed by atoms with Crippen LogP contribution < -0.4 is 0 Å². The molecule has 0 nitrogen and oxygen atoms in total. The number of halogens is 2. The van der Waals surface area contributed by atoms with Gasteiger partial charge in [0.1, 0.15) is 11.6 Å². The molecule has 1 aliphatic rings. The third-order valence-corrected chi connectivity index (χ3v) is 5.70. The molecule has 0 N–H and O–H groups in total. The van der Waals surface area contributed by atoms with E-state index in [-0.39, 0.29) is 5.56 Å². The Balaban J connectivity index is 1.62. The summed E-state index contributed by atoms with van der Waals surface area (Å²) in [5, 5.41) is 0. The minimum atomic E-state index is -0.500. The van der Waals surface area contributed by atoms with E-state index in [9.17, 15) is 8.78 Å². The van der Waals surface area contributed by atoms with Gasteiger partial charge >= 0.3 is 0 Å². The molecule has 0 spiro atoms. The third-order valence-electron chi connectivity index (χ3n) is 5.70. The predicted octanol–water partition coefficient (Wildman–Crippen LogP) is 7.49. The van der Waals surface area contributed by atoms with Crippen LogP contribution in [0.2, 0.25) is 0 Å². The minimum Gasteiger partial charge on any atom is -0.206 e. The fourth-order valence-electron chi connectivity index (χ4n) is 4.16. The summed E-state index contributed by atoms with van der Waals surface area (Å²) in [4.78, 5) is 0. The summed E-state index contributed by atoms with van der Waals surface area (Å²) in [6.45, 7) is 2.26. The lowest BCUT2D eigenvalue weighted by atomic mass is 9.77. The average molecular weight is 342 g/mol. The summed E-state index contributed by atoms with van der Waals surface area (Å²) < 4.78 is 27.8. The molecule has 0 radical (unpaired) electrons. The van der Waals surface area contributed by atoms with Crippen LogP contribution in [0.1, 0.15) is 69.8 Å². The Morgan fingerprint density at radius 1 is 0.840 bits per heavy atom. The van der Waals surface area contributed by atoms with Crippen molar-refractivity contribution in [2.75, 3.05) is 0 Å². The molecule has 0 saturated heterocycles. The Labute approximate surface area is 150 Å². The standard InChI is InChI=1S/C23H28F2/c1-2-3-4-6-17-9-11-18(12-10-17)19-13-15-20(16-14-19)23-21(24)7-5-8-22(23)25/h5,7-8,13-18H,2-4,6,9-12H2,1H3/t17-,18-.